The quantitative estimate of drug-likeness (QED) is 0.801. The highest BCUT2D eigenvalue weighted by Gasteiger charge is 2.61. The van der Waals surface area contributed by atoms with E-state index in [0.717, 1.165) is 54.6 Å². The smallest absolute Gasteiger partial charge is 0.237 e. The van der Waals surface area contributed by atoms with Gasteiger partial charge in [-0.2, -0.15) is 0 Å². The molecule has 0 saturated heterocycles. The van der Waals surface area contributed by atoms with E-state index in [1.807, 2.05) is 0 Å². The maximum absolute atomic E-state index is 10.7. The second-order valence-corrected chi connectivity index (χ2v) is 9.29. The fraction of sp³-hybridized carbons (Fsp3) is 0.714. The van der Waals surface area contributed by atoms with E-state index in [-0.39, 0.29) is 10.9 Å². The summed E-state index contributed by atoms with van der Waals surface area (Å²) >= 11 is 0. The minimum absolute atomic E-state index is 0. The van der Waals surface area contributed by atoms with E-state index in [1.165, 1.54) is 23.1 Å². The molecule has 2 heterocycles. The van der Waals surface area contributed by atoms with Crippen molar-refractivity contribution in [3.8, 4) is 11.5 Å². The van der Waals surface area contributed by atoms with Gasteiger partial charge in [0.1, 0.15) is 12.1 Å². The molecule has 0 aromatic heterocycles. The lowest BCUT2D eigenvalue weighted by Crippen LogP contribution is -2.62. The molecule has 1 saturated carbocycles. The first kappa shape index (κ1) is 19.0. The van der Waals surface area contributed by atoms with Gasteiger partial charge in [-0.3, -0.25) is 0 Å². The van der Waals surface area contributed by atoms with Crippen LogP contribution in [-0.2, 0) is 16.6 Å². The summed E-state index contributed by atoms with van der Waals surface area (Å²) in [6.07, 6.45) is 5.26. The predicted octanol–water partition coefficient (Wildman–Crippen LogP) is 2.50. The van der Waals surface area contributed by atoms with Crippen molar-refractivity contribution in [2.24, 2.45) is 0 Å². The highest BCUT2D eigenvalue weighted by atomic mass is 16.7. The fourth-order valence-corrected chi connectivity index (χ4v) is 6.28. The monoisotopic (exact) mass is 377 g/mol. The third kappa shape index (κ3) is 2.27. The molecule has 2 N–H and O–H groups in total. The molecule has 150 valence electrons. The van der Waals surface area contributed by atoms with Crippen LogP contribution in [0.2, 0.25) is 0 Å². The summed E-state index contributed by atoms with van der Waals surface area (Å²) in [4.78, 5) is 0. The van der Waals surface area contributed by atoms with Crippen LogP contribution < -0.4 is 9.47 Å². The molecule has 6 heteroatoms. The Morgan fingerprint density at radius 1 is 1.22 bits per heavy atom. The number of ether oxygens (including phenoxy) is 3. The second kappa shape index (κ2) is 5.83. The van der Waals surface area contributed by atoms with E-state index in [0.29, 0.717) is 6.04 Å². The molecule has 1 aromatic carbocycles. The van der Waals surface area contributed by atoms with Gasteiger partial charge in [0.05, 0.1) is 27.7 Å². The topological polar surface area (TPSA) is 77.9 Å². The molecule has 0 radical (unpaired) electrons. The number of aliphatic hydroxyl groups is 1. The number of nitrogens with zero attached hydrogens (tertiary/aromatic N) is 1. The number of likely N-dealkylation sites (N-methyl/N-ethyl adjacent to an activating group) is 1. The van der Waals surface area contributed by atoms with Crippen molar-refractivity contribution in [2.45, 2.75) is 61.9 Å². The third-order valence-electron chi connectivity index (χ3n) is 7.76. The fourth-order valence-electron chi connectivity index (χ4n) is 6.28. The predicted molar refractivity (Wildman–Crippen MR) is 99.5 cm³/mol. The Kier molecular flexibility index (Phi) is 4.10. The molecule has 2 bridgehead atoms. The minimum Gasteiger partial charge on any atom is -0.870 e. The first-order chi connectivity index (χ1) is 12.4. The lowest BCUT2D eigenvalue weighted by molar-refractivity contribution is -0.924. The summed E-state index contributed by atoms with van der Waals surface area (Å²) in [5, 5.41) is 10.7. The van der Waals surface area contributed by atoms with Gasteiger partial charge in [-0.15, -0.1) is 0 Å². The van der Waals surface area contributed by atoms with Gasteiger partial charge in [-0.25, -0.2) is 0 Å². The molecular formula is C21H31NO5. The highest BCUT2D eigenvalue weighted by molar-refractivity contribution is 5.62. The third-order valence-corrected chi connectivity index (χ3v) is 7.76. The lowest BCUT2D eigenvalue weighted by Gasteiger charge is -2.58. The summed E-state index contributed by atoms with van der Waals surface area (Å²) in [7, 11) is 8.08. The van der Waals surface area contributed by atoms with Gasteiger partial charge >= 0.3 is 0 Å². The Labute approximate surface area is 160 Å². The van der Waals surface area contributed by atoms with Crippen molar-refractivity contribution in [3.05, 3.63) is 22.8 Å². The Balaban J connectivity index is 0.00000180. The molecule has 1 aromatic rings. The van der Waals surface area contributed by atoms with Crippen molar-refractivity contribution < 1.29 is 29.3 Å². The Bertz CT molecular complexity index is 778. The molecule has 5 rings (SSSR count). The van der Waals surface area contributed by atoms with Crippen LogP contribution >= 0.6 is 0 Å². The highest BCUT2D eigenvalue weighted by Crippen LogP contribution is 2.64. The van der Waals surface area contributed by atoms with Crippen LogP contribution in [0.4, 0.5) is 0 Å². The summed E-state index contributed by atoms with van der Waals surface area (Å²) < 4.78 is 19.1. The van der Waals surface area contributed by atoms with Crippen LogP contribution in [0.1, 0.15) is 54.8 Å². The molecule has 0 amide bonds. The Morgan fingerprint density at radius 3 is 2.67 bits per heavy atom. The molecule has 4 atom stereocenters. The van der Waals surface area contributed by atoms with Crippen molar-refractivity contribution in [3.63, 3.8) is 0 Å². The normalized spacial score (nSPS) is 37.5. The molecule has 1 unspecified atom stereocenters. The number of hydrogen-bond donors (Lipinski definition) is 1. The van der Waals surface area contributed by atoms with Gasteiger partial charge in [-0.1, -0.05) is 0 Å². The minimum atomic E-state index is -0.946. The van der Waals surface area contributed by atoms with E-state index in [4.69, 9.17) is 14.2 Å². The number of aliphatic hydroxyl groups excluding tert-OH is 1. The molecule has 4 aliphatic rings. The van der Waals surface area contributed by atoms with Gasteiger partial charge in [0, 0.05) is 42.9 Å². The van der Waals surface area contributed by atoms with Gasteiger partial charge < -0.3 is 29.3 Å². The van der Waals surface area contributed by atoms with Crippen molar-refractivity contribution in [1.82, 2.24) is 0 Å². The van der Waals surface area contributed by atoms with Gasteiger partial charge in [-0.05, 0) is 30.9 Å². The largest absolute Gasteiger partial charge is 0.870 e. The summed E-state index contributed by atoms with van der Waals surface area (Å²) in [5.41, 5.74) is 4.34. The van der Waals surface area contributed by atoms with Crippen LogP contribution in [0.5, 0.6) is 11.5 Å². The molecule has 2 aliphatic carbocycles. The van der Waals surface area contributed by atoms with E-state index in [2.05, 4.69) is 20.2 Å². The summed E-state index contributed by atoms with van der Waals surface area (Å²) in [6.45, 7) is 1.16. The van der Waals surface area contributed by atoms with Gasteiger partial charge in [0.2, 0.25) is 5.79 Å². The Hall–Kier alpha value is -1.34. The molecule has 1 spiro atoms. The first-order valence-corrected chi connectivity index (χ1v) is 9.85. The van der Waals surface area contributed by atoms with Gasteiger partial charge in [0.15, 0.2) is 11.5 Å². The zero-order chi connectivity index (χ0) is 18.3. The SMILES string of the molecule is COc1cc2c3c4c1O[C@]1(OC)CC4(CC[C@@H]1O)CC[C@@H]3[N+](C)(C)CC2.[OH-]. The number of hydrogen-bond acceptors (Lipinski definition) is 5. The number of rotatable bonds is 2. The maximum atomic E-state index is 10.7. The van der Waals surface area contributed by atoms with Gasteiger partial charge in [0.25, 0.3) is 0 Å². The van der Waals surface area contributed by atoms with Crippen molar-refractivity contribution >= 4 is 0 Å². The van der Waals surface area contributed by atoms with E-state index >= 15 is 0 Å². The first-order valence-electron chi connectivity index (χ1n) is 9.85. The van der Waals surface area contributed by atoms with E-state index in [1.54, 1.807) is 14.2 Å². The summed E-state index contributed by atoms with van der Waals surface area (Å²) in [6, 6.07) is 2.70. The van der Waals surface area contributed by atoms with E-state index < -0.39 is 11.9 Å². The van der Waals surface area contributed by atoms with Crippen LogP contribution in [0.15, 0.2) is 6.07 Å². The van der Waals surface area contributed by atoms with Crippen LogP contribution in [0.25, 0.3) is 0 Å². The number of benzene rings is 1. The number of quaternary nitrogens is 1. The van der Waals surface area contributed by atoms with Crippen molar-refractivity contribution in [2.75, 3.05) is 34.9 Å². The molecule has 6 nitrogen and oxygen atoms in total. The maximum Gasteiger partial charge on any atom is 0.237 e. The average molecular weight is 377 g/mol. The summed E-state index contributed by atoms with van der Waals surface area (Å²) in [5.74, 6) is 0.675. The molecule has 1 fully saturated rings. The van der Waals surface area contributed by atoms with E-state index in [9.17, 15) is 5.11 Å². The molecular weight excluding hydrogens is 346 g/mol. The lowest BCUT2D eigenvalue weighted by atomic mass is 9.56. The Morgan fingerprint density at radius 2 is 1.96 bits per heavy atom. The average Bonchev–Trinajstić information content (AvgIpc) is 2.63. The van der Waals surface area contributed by atoms with Crippen LogP contribution in [-0.4, -0.2) is 61.8 Å². The number of methoxy groups -OCH3 is 2. The standard InChI is InChI=1S/C21H30NO4.H2O/c1-22(2)10-7-13-11-15(24-3)19-18-17(13)14(22)5-8-20(18)9-6-16(23)21(12-20,25-4)26-19;/h11,14,16,23H,5-10,12H2,1-4H3;1H2/q+1;/p-1/t14-,16-,20?,21+;/m0./s1. The zero-order valence-corrected chi connectivity index (χ0v) is 16.7. The van der Waals surface area contributed by atoms with Crippen LogP contribution in [0, 0.1) is 0 Å². The number of fused-ring (bicyclic) bond motifs is 1. The molecule has 27 heavy (non-hydrogen) atoms. The molecule has 2 aliphatic heterocycles. The van der Waals surface area contributed by atoms with Crippen molar-refractivity contribution in [1.29, 1.82) is 0 Å². The van der Waals surface area contributed by atoms with Crippen LogP contribution in [0.3, 0.4) is 0 Å². The second-order valence-electron chi connectivity index (χ2n) is 9.29. The zero-order valence-electron chi connectivity index (χ0n) is 16.7.